The molecule has 3 aromatic rings. The number of carbonyl (C=O) groups is 1. The highest BCUT2D eigenvalue weighted by Crippen LogP contribution is 2.48. The van der Waals surface area contributed by atoms with Gasteiger partial charge in [0.1, 0.15) is 0 Å². The van der Waals surface area contributed by atoms with Crippen LogP contribution in [0.3, 0.4) is 0 Å². The van der Waals surface area contributed by atoms with Gasteiger partial charge in [0, 0.05) is 28.5 Å². The first kappa shape index (κ1) is 18.8. The Balaban J connectivity index is 1.23. The second kappa shape index (κ2) is 7.04. The highest BCUT2D eigenvalue weighted by Gasteiger charge is 2.47. The van der Waals surface area contributed by atoms with Gasteiger partial charge >= 0.3 is 0 Å². The summed E-state index contributed by atoms with van der Waals surface area (Å²) in [6.07, 6.45) is 7.85. The van der Waals surface area contributed by atoms with E-state index in [1.807, 2.05) is 25.1 Å². The monoisotopic (exact) mass is 416 g/mol. The van der Waals surface area contributed by atoms with Gasteiger partial charge in [-0.1, -0.05) is 23.1 Å². The molecule has 0 atom stereocenters. The Labute approximate surface area is 180 Å². The highest BCUT2D eigenvalue weighted by atomic mass is 16.7. The van der Waals surface area contributed by atoms with Crippen molar-refractivity contribution in [2.45, 2.75) is 45.4 Å². The van der Waals surface area contributed by atoms with E-state index in [1.54, 1.807) is 21.6 Å². The summed E-state index contributed by atoms with van der Waals surface area (Å²) in [5, 5.41) is 9.22. The van der Waals surface area contributed by atoms with Gasteiger partial charge in [0.2, 0.25) is 0 Å². The van der Waals surface area contributed by atoms with E-state index in [-0.39, 0.29) is 17.6 Å². The normalized spacial score (nSPS) is 20.0. The number of aryl methyl sites for hydroxylation is 1. The number of ether oxygens (including phenoxy) is 2. The lowest BCUT2D eigenvalue weighted by molar-refractivity contribution is -0.213. The second-order valence-corrected chi connectivity index (χ2v) is 9.10. The van der Waals surface area contributed by atoms with Crippen molar-refractivity contribution < 1.29 is 14.3 Å². The molecule has 158 valence electrons. The van der Waals surface area contributed by atoms with Crippen molar-refractivity contribution in [3.05, 3.63) is 47.4 Å². The molecule has 1 aliphatic heterocycles. The molecule has 0 amide bonds. The third-order valence-corrected chi connectivity index (χ3v) is 6.46. The van der Waals surface area contributed by atoms with Gasteiger partial charge in [-0.05, 0) is 50.3 Å². The molecule has 0 unspecified atom stereocenters. The van der Waals surface area contributed by atoms with E-state index in [0.717, 1.165) is 35.2 Å². The van der Waals surface area contributed by atoms with Crippen LogP contribution in [0, 0.1) is 30.1 Å². The van der Waals surface area contributed by atoms with Gasteiger partial charge in [0.05, 0.1) is 31.5 Å². The summed E-state index contributed by atoms with van der Waals surface area (Å²) in [5.41, 5.74) is 3.41. The molecule has 0 bridgehead atoms. The molecular formula is C24H24N4O3. The zero-order valence-corrected chi connectivity index (χ0v) is 17.5. The van der Waals surface area contributed by atoms with E-state index in [0.29, 0.717) is 18.2 Å². The molecule has 3 aliphatic rings. The quantitative estimate of drug-likeness (QED) is 0.614. The molecule has 0 N–H and O–H groups in total. The van der Waals surface area contributed by atoms with Crippen LogP contribution in [0.15, 0.2) is 30.6 Å². The lowest BCUT2D eigenvalue weighted by Gasteiger charge is -2.29. The molecule has 7 nitrogen and oxygen atoms in total. The standard InChI is InChI=1S/C24H24N4O3/c1-16-2-6-18(7-5-17-3-4-17)19-8-11-28(22(16)19)23(29)20-12-27(26-25-20)13-21-30-14-24(9-10-24)15-31-21/h2,6,8,11-12,17,21H,3-4,9-10,13-15H2,1H3. The van der Waals surface area contributed by atoms with Crippen molar-refractivity contribution >= 4 is 16.8 Å². The fourth-order valence-electron chi connectivity index (χ4n) is 4.08. The van der Waals surface area contributed by atoms with E-state index < -0.39 is 0 Å². The summed E-state index contributed by atoms with van der Waals surface area (Å²) < 4.78 is 14.9. The third-order valence-electron chi connectivity index (χ3n) is 6.46. The fourth-order valence-corrected chi connectivity index (χ4v) is 4.08. The number of nitrogens with zero attached hydrogens (tertiary/aromatic N) is 4. The maximum absolute atomic E-state index is 13.2. The lowest BCUT2D eigenvalue weighted by Crippen LogP contribution is -2.36. The molecule has 2 aromatic heterocycles. The average Bonchev–Trinajstić information content (AvgIpc) is 3.66. The average molecular weight is 416 g/mol. The summed E-state index contributed by atoms with van der Waals surface area (Å²) in [5.74, 6) is 6.93. The van der Waals surface area contributed by atoms with Gasteiger partial charge < -0.3 is 9.47 Å². The lowest BCUT2D eigenvalue weighted by atomic mass is 10.1. The minimum absolute atomic E-state index is 0.209. The summed E-state index contributed by atoms with van der Waals surface area (Å²) in [7, 11) is 0. The summed E-state index contributed by atoms with van der Waals surface area (Å²) in [4.78, 5) is 13.2. The molecule has 1 aromatic carbocycles. The van der Waals surface area contributed by atoms with E-state index in [4.69, 9.17) is 9.47 Å². The van der Waals surface area contributed by atoms with Crippen LogP contribution >= 0.6 is 0 Å². The van der Waals surface area contributed by atoms with Crippen LogP contribution in [0.2, 0.25) is 0 Å². The first-order valence-electron chi connectivity index (χ1n) is 10.9. The van der Waals surface area contributed by atoms with Gasteiger partial charge in [-0.25, -0.2) is 4.68 Å². The first-order valence-corrected chi connectivity index (χ1v) is 10.9. The molecular weight excluding hydrogens is 392 g/mol. The fraction of sp³-hybridized carbons (Fsp3) is 0.458. The van der Waals surface area contributed by atoms with Gasteiger partial charge in [0.25, 0.3) is 5.91 Å². The Hall–Kier alpha value is -2.95. The molecule has 2 aliphatic carbocycles. The number of fused-ring (bicyclic) bond motifs is 1. The van der Waals surface area contributed by atoms with Crippen LogP contribution < -0.4 is 0 Å². The molecule has 3 heterocycles. The Morgan fingerprint density at radius 2 is 2.03 bits per heavy atom. The summed E-state index contributed by atoms with van der Waals surface area (Å²) in [6, 6.07) is 6.01. The SMILES string of the molecule is Cc1ccc(C#CC2CC2)c2ccn(C(=O)c3cn(CC4OCC5(CC5)CO4)nn3)c12. The van der Waals surface area contributed by atoms with Crippen LogP contribution in [-0.2, 0) is 16.0 Å². The number of carbonyl (C=O) groups excluding carboxylic acids is 1. The van der Waals surface area contributed by atoms with E-state index >= 15 is 0 Å². The van der Waals surface area contributed by atoms with Crippen molar-refractivity contribution in [2.24, 2.45) is 11.3 Å². The van der Waals surface area contributed by atoms with Crippen molar-refractivity contribution in [2.75, 3.05) is 13.2 Å². The van der Waals surface area contributed by atoms with Crippen molar-refractivity contribution in [1.82, 2.24) is 19.6 Å². The molecule has 31 heavy (non-hydrogen) atoms. The summed E-state index contributed by atoms with van der Waals surface area (Å²) in [6.45, 7) is 3.89. The van der Waals surface area contributed by atoms with Crippen LogP contribution in [0.1, 0.15) is 47.3 Å². The topological polar surface area (TPSA) is 71.2 Å². The molecule has 1 saturated heterocycles. The van der Waals surface area contributed by atoms with Crippen molar-refractivity contribution in [1.29, 1.82) is 0 Å². The maximum Gasteiger partial charge on any atom is 0.284 e. The first-order chi connectivity index (χ1) is 15.1. The molecule has 7 heteroatoms. The molecule has 1 spiro atoms. The van der Waals surface area contributed by atoms with E-state index in [1.165, 1.54) is 25.7 Å². The van der Waals surface area contributed by atoms with Crippen LogP contribution in [0.5, 0.6) is 0 Å². The van der Waals surface area contributed by atoms with E-state index in [2.05, 4.69) is 22.2 Å². The minimum atomic E-state index is -0.349. The van der Waals surface area contributed by atoms with E-state index in [9.17, 15) is 4.79 Å². The predicted octanol–water partition coefficient (Wildman–Crippen LogP) is 3.14. The van der Waals surface area contributed by atoms with Crippen molar-refractivity contribution in [3.8, 4) is 11.8 Å². The van der Waals surface area contributed by atoms with Gasteiger partial charge in [0.15, 0.2) is 12.0 Å². The smallest absolute Gasteiger partial charge is 0.284 e. The maximum atomic E-state index is 13.2. The largest absolute Gasteiger partial charge is 0.350 e. The van der Waals surface area contributed by atoms with Crippen LogP contribution in [0.25, 0.3) is 10.9 Å². The zero-order chi connectivity index (χ0) is 21.0. The Bertz CT molecular complexity index is 1230. The Kier molecular flexibility index (Phi) is 4.27. The number of aromatic nitrogens is 4. The molecule has 6 rings (SSSR count). The minimum Gasteiger partial charge on any atom is -0.350 e. The highest BCUT2D eigenvalue weighted by molar-refractivity contribution is 6.02. The van der Waals surface area contributed by atoms with Gasteiger partial charge in [-0.3, -0.25) is 9.36 Å². The second-order valence-electron chi connectivity index (χ2n) is 9.10. The summed E-state index contributed by atoms with van der Waals surface area (Å²) >= 11 is 0. The number of hydrogen-bond acceptors (Lipinski definition) is 5. The van der Waals surface area contributed by atoms with Gasteiger partial charge in [-0.15, -0.1) is 5.10 Å². The van der Waals surface area contributed by atoms with Crippen LogP contribution in [-0.4, -0.2) is 45.0 Å². The number of benzene rings is 1. The molecule has 2 saturated carbocycles. The Morgan fingerprint density at radius 1 is 1.23 bits per heavy atom. The van der Waals surface area contributed by atoms with Gasteiger partial charge in [-0.2, -0.15) is 0 Å². The molecule has 0 radical (unpaired) electrons. The zero-order valence-electron chi connectivity index (χ0n) is 17.5. The number of hydrogen-bond donors (Lipinski definition) is 0. The van der Waals surface area contributed by atoms with Crippen molar-refractivity contribution in [3.63, 3.8) is 0 Å². The van der Waals surface area contributed by atoms with Crippen LogP contribution in [0.4, 0.5) is 0 Å². The number of rotatable bonds is 3. The Morgan fingerprint density at radius 3 is 2.77 bits per heavy atom. The molecule has 3 fully saturated rings. The third kappa shape index (κ3) is 3.56. The predicted molar refractivity (Wildman–Crippen MR) is 113 cm³/mol.